The molecule has 0 saturated carbocycles. The van der Waals surface area contributed by atoms with Gasteiger partial charge in [0.1, 0.15) is 11.7 Å². The molecule has 4 nitrogen and oxygen atoms in total. The number of benzene rings is 1. The topological polar surface area (TPSA) is 62.7 Å². The van der Waals surface area contributed by atoms with Gasteiger partial charge < -0.3 is 4.42 Å². The van der Waals surface area contributed by atoms with Gasteiger partial charge in [0.15, 0.2) is 5.69 Å². The quantitative estimate of drug-likeness (QED) is 0.594. The highest BCUT2D eigenvalue weighted by molar-refractivity contribution is 9.10. The molecule has 82 valence electrons. The van der Waals surface area contributed by atoms with Crippen molar-refractivity contribution in [2.24, 2.45) is 0 Å². The fourth-order valence-corrected chi connectivity index (χ4v) is 2.22. The van der Waals surface area contributed by atoms with E-state index in [1.54, 1.807) is 6.07 Å². The maximum atomic E-state index is 9.05. The third kappa shape index (κ3) is 1.57. The SMILES string of the molecule is N#Cc1nc(Cl)nc2oc3ccc(Br)cc3c12. The number of hydrogen-bond acceptors (Lipinski definition) is 4. The Kier molecular flexibility index (Phi) is 2.28. The van der Waals surface area contributed by atoms with Crippen LogP contribution >= 0.6 is 27.5 Å². The van der Waals surface area contributed by atoms with Gasteiger partial charge in [0.05, 0.1) is 5.39 Å². The number of hydrogen-bond donors (Lipinski definition) is 0. The molecule has 0 aliphatic rings. The molecule has 0 aliphatic heterocycles. The van der Waals surface area contributed by atoms with Crippen molar-refractivity contribution < 1.29 is 4.42 Å². The lowest BCUT2D eigenvalue weighted by molar-refractivity contribution is 0.652. The van der Waals surface area contributed by atoms with Crippen molar-refractivity contribution in [1.82, 2.24) is 9.97 Å². The fraction of sp³-hybridized carbons (Fsp3) is 0. The summed E-state index contributed by atoms with van der Waals surface area (Å²) in [5.41, 5.74) is 1.20. The molecule has 0 amide bonds. The van der Waals surface area contributed by atoms with Crippen LogP contribution in [0.1, 0.15) is 5.69 Å². The van der Waals surface area contributed by atoms with Gasteiger partial charge in [-0.3, -0.25) is 0 Å². The van der Waals surface area contributed by atoms with Crippen molar-refractivity contribution in [2.75, 3.05) is 0 Å². The minimum absolute atomic E-state index is 0.00664. The van der Waals surface area contributed by atoms with Gasteiger partial charge >= 0.3 is 0 Å². The molecule has 1 aromatic carbocycles. The molecule has 0 unspecified atom stereocenters. The van der Waals surface area contributed by atoms with Crippen LogP contribution < -0.4 is 0 Å². The molecule has 0 saturated heterocycles. The van der Waals surface area contributed by atoms with Crippen molar-refractivity contribution in [3.8, 4) is 6.07 Å². The van der Waals surface area contributed by atoms with Crippen LogP contribution in [0.5, 0.6) is 0 Å². The van der Waals surface area contributed by atoms with Crippen LogP contribution in [0, 0.1) is 11.3 Å². The van der Waals surface area contributed by atoms with E-state index in [1.165, 1.54) is 0 Å². The van der Waals surface area contributed by atoms with Crippen LogP contribution in [-0.2, 0) is 0 Å². The highest BCUT2D eigenvalue weighted by Gasteiger charge is 2.15. The first kappa shape index (κ1) is 10.5. The normalized spacial score (nSPS) is 10.9. The second-order valence-electron chi connectivity index (χ2n) is 3.38. The van der Waals surface area contributed by atoms with Crippen LogP contribution in [0.4, 0.5) is 0 Å². The second kappa shape index (κ2) is 3.69. The lowest BCUT2D eigenvalue weighted by atomic mass is 10.2. The standard InChI is InChI=1S/C11H3BrClN3O/c12-5-1-2-8-6(3-5)9-7(4-14)15-11(13)16-10(9)17-8/h1-3H. The summed E-state index contributed by atoms with van der Waals surface area (Å²) < 4.78 is 6.42. The fourth-order valence-electron chi connectivity index (χ4n) is 1.70. The van der Waals surface area contributed by atoms with Gasteiger partial charge in [-0.25, -0.2) is 4.98 Å². The summed E-state index contributed by atoms with van der Waals surface area (Å²) in [7, 11) is 0. The minimum atomic E-state index is 0.00664. The van der Waals surface area contributed by atoms with Gasteiger partial charge in [-0.2, -0.15) is 10.2 Å². The molecule has 17 heavy (non-hydrogen) atoms. The molecule has 0 bridgehead atoms. The van der Waals surface area contributed by atoms with E-state index >= 15 is 0 Å². The molecular formula is C11H3BrClN3O. The number of rotatable bonds is 0. The summed E-state index contributed by atoms with van der Waals surface area (Å²) in [4.78, 5) is 7.86. The van der Waals surface area contributed by atoms with Gasteiger partial charge in [0, 0.05) is 9.86 Å². The van der Waals surface area contributed by atoms with Gasteiger partial charge in [-0.1, -0.05) is 15.9 Å². The smallest absolute Gasteiger partial charge is 0.233 e. The molecule has 0 atom stereocenters. The maximum absolute atomic E-state index is 9.05. The van der Waals surface area contributed by atoms with Gasteiger partial charge in [-0.15, -0.1) is 0 Å². The van der Waals surface area contributed by atoms with E-state index in [4.69, 9.17) is 21.3 Å². The summed E-state index contributed by atoms with van der Waals surface area (Å²) in [6.45, 7) is 0. The first-order chi connectivity index (χ1) is 8.19. The molecule has 0 aliphatic carbocycles. The van der Waals surface area contributed by atoms with Crippen LogP contribution in [0.3, 0.4) is 0 Å². The largest absolute Gasteiger partial charge is 0.437 e. The number of fused-ring (bicyclic) bond motifs is 3. The first-order valence-electron chi connectivity index (χ1n) is 4.64. The minimum Gasteiger partial charge on any atom is -0.437 e. The Morgan fingerprint density at radius 1 is 1.35 bits per heavy atom. The number of aromatic nitrogens is 2. The number of nitriles is 1. The first-order valence-corrected chi connectivity index (χ1v) is 5.81. The average Bonchev–Trinajstić information content (AvgIpc) is 2.65. The molecule has 0 fully saturated rings. The van der Waals surface area contributed by atoms with Gasteiger partial charge in [0.25, 0.3) is 0 Å². The van der Waals surface area contributed by atoms with Crippen LogP contribution in [-0.4, -0.2) is 9.97 Å². The van der Waals surface area contributed by atoms with Gasteiger partial charge in [-0.05, 0) is 29.8 Å². The molecular weight excluding hydrogens is 305 g/mol. The number of furan rings is 1. The lowest BCUT2D eigenvalue weighted by Gasteiger charge is -1.93. The van der Waals surface area contributed by atoms with Crippen LogP contribution in [0.15, 0.2) is 27.1 Å². The summed E-state index contributed by atoms with van der Waals surface area (Å²) in [5, 5.41) is 10.4. The van der Waals surface area contributed by atoms with Crippen molar-refractivity contribution >= 4 is 49.6 Å². The van der Waals surface area contributed by atoms with Crippen LogP contribution in [0.25, 0.3) is 22.1 Å². The van der Waals surface area contributed by atoms with E-state index in [-0.39, 0.29) is 11.0 Å². The highest BCUT2D eigenvalue weighted by Crippen LogP contribution is 2.31. The Balaban J connectivity index is 2.59. The average molecular weight is 309 g/mol. The molecule has 0 spiro atoms. The van der Waals surface area contributed by atoms with E-state index in [0.29, 0.717) is 16.7 Å². The molecule has 3 rings (SSSR count). The van der Waals surface area contributed by atoms with E-state index < -0.39 is 0 Å². The molecule has 0 N–H and O–H groups in total. The third-order valence-electron chi connectivity index (χ3n) is 2.37. The van der Waals surface area contributed by atoms with E-state index in [0.717, 1.165) is 9.86 Å². The number of halogens is 2. The maximum Gasteiger partial charge on any atom is 0.233 e. The molecule has 2 heterocycles. The Bertz CT molecular complexity index is 791. The van der Waals surface area contributed by atoms with Crippen LogP contribution in [0.2, 0.25) is 5.28 Å². The van der Waals surface area contributed by atoms with Gasteiger partial charge in [0.2, 0.25) is 11.0 Å². The predicted molar refractivity (Wildman–Crippen MR) is 66.7 cm³/mol. The number of nitrogens with zero attached hydrogens (tertiary/aromatic N) is 3. The second-order valence-corrected chi connectivity index (χ2v) is 4.63. The van der Waals surface area contributed by atoms with E-state index in [2.05, 4.69) is 25.9 Å². The molecule has 6 heteroatoms. The Hall–Kier alpha value is -1.64. The highest BCUT2D eigenvalue weighted by atomic mass is 79.9. The van der Waals surface area contributed by atoms with Crippen molar-refractivity contribution in [3.05, 3.63) is 33.6 Å². The predicted octanol–water partition coefficient (Wildman–Crippen LogP) is 3.66. The van der Waals surface area contributed by atoms with Crippen molar-refractivity contribution in [2.45, 2.75) is 0 Å². The van der Waals surface area contributed by atoms with E-state index in [9.17, 15) is 0 Å². The lowest BCUT2D eigenvalue weighted by Crippen LogP contribution is -1.88. The zero-order valence-corrected chi connectivity index (χ0v) is 10.6. The molecule has 0 radical (unpaired) electrons. The monoisotopic (exact) mass is 307 g/mol. The molecule has 2 aromatic heterocycles. The van der Waals surface area contributed by atoms with Crippen molar-refractivity contribution in [3.63, 3.8) is 0 Å². The van der Waals surface area contributed by atoms with Crippen molar-refractivity contribution in [1.29, 1.82) is 5.26 Å². The Labute approximate surface area is 109 Å². The summed E-state index contributed by atoms with van der Waals surface area (Å²) in [5.74, 6) is 0. The Morgan fingerprint density at radius 3 is 2.94 bits per heavy atom. The summed E-state index contributed by atoms with van der Waals surface area (Å²) >= 11 is 9.09. The summed E-state index contributed by atoms with van der Waals surface area (Å²) in [6.07, 6.45) is 0. The Morgan fingerprint density at radius 2 is 2.18 bits per heavy atom. The zero-order chi connectivity index (χ0) is 12.0. The molecule has 3 aromatic rings. The third-order valence-corrected chi connectivity index (χ3v) is 3.03. The zero-order valence-electron chi connectivity index (χ0n) is 8.24. The van der Waals surface area contributed by atoms with E-state index in [1.807, 2.05) is 18.2 Å². The summed E-state index contributed by atoms with van der Waals surface area (Å²) in [6, 6.07) is 7.51.